The second-order valence-electron chi connectivity index (χ2n) is 27.7. The molecule has 0 fully saturated rings. The van der Waals surface area contributed by atoms with Crippen molar-refractivity contribution >= 4 is 85.5 Å². The molecule has 0 spiro atoms. The van der Waals surface area contributed by atoms with E-state index in [2.05, 4.69) is 305 Å². The molecule has 4 nitrogen and oxygen atoms in total. The van der Waals surface area contributed by atoms with Gasteiger partial charge in [-0.2, -0.15) is 0 Å². The third-order valence-electron chi connectivity index (χ3n) is 18.2. The van der Waals surface area contributed by atoms with Crippen LogP contribution < -0.4 is 31.3 Å². The van der Waals surface area contributed by atoms with E-state index in [4.69, 9.17) is 4.42 Å². The van der Waals surface area contributed by atoms with Crippen molar-refractivity contribution in [3.05, 3.63) is 228 Å². The minimum atomic E-state index is -0.239. The summed E-state index contributed by atoms with van der Waals surface area (Å²) in [6.07, 6.45) is 2.22. The predicted molar refractivity (Wildman–Crippen MR) is 347 cm³/mol. The Morgan fingerprint density at radius 2 is 0.938 bits per heavy atom. The van der Waals surface area contributed by atoms with Crippen LogP contribution in [0.1, 0.15) is 131 Å². The molecule has 1 aromatic heterocycles. The van der Waals surface area contributed by atoms with Gasteiger partial charge >= 0.3 is 0 Å². The van der Waals surface area contributed by atoms with Crippen LogP contribution in [0.2, 0.25) is 0 Å². The van der Waals surface area contributed by atoms with Gasteiger partial charge in [-0.25, -0.2) is 0 Å². The summed E-state index contributed by atoms with van der Waals surface area (Å²) in [4.78, 5) is 7.69. The van der Waals surface area contributed by atoms with Gasteiger partial charge in [0.05, 0.1) is 22.7 Å². The predicted octanol–water partition coefficient (Wildman–Crippen LogP) is 19.6. The molecular formula is C76H76BN3O. The van der Waals surface area contributed by atoms with Crippen LogP contribution >= 0.6 is 0 Å². The molecule has 10 aromatic rings. The lowest BCUT2D eigenvalue weighted by atomic mass is 9.35. The summed E-state index contributed by atoms with van der Waals surface area (Å²) in [5.74, 6) is 0. The fourth-order valence-corrected chi connectivity index (χ4v) is 13.3. The fourth-order valence-electron chi connectivity index (χ4n) is 13.3. The van der Waals surface area contributed by atoms with Crippen molar-refractivity contribution in [2.24, 2.45) is 0 Å². The monoisotopic (exact) mass is 1060 g/mol. The topological polar surface area (TPSA) is 22.9 Å². The molecule has 5 heteroatoms. The van der Waals surface area contributed by atoms with Crippen LogP contribution in [0.4, 0.5) is 51.2 Å². The quantitative estimate of drug-likeness (QED) is 0.148. The summed E-state index contributed by atoms with van der Waals surface area (Å²) >= 11 is 0. The molecule has 3 heterocycles. The van der Waals surface area contributed by atoms with E-state index < -0.39 is 0 Å². The molecule has 0 saturated carbocycles. The van der Waals surface area contributed by atoms with Crippen molar-refractivity contribution in [3.8, 4) is 22.3 Å². The molecule has 0 unspecified atom stereocenters. The highest BCUT2D eigenvalue weighted by molar-refractivity contribution is 7.00. The van der Waals surface area contributed by atoms with E-state index in [1.54, 1.807) is 0 Å². The van der Waals surface area contributed by atoms with Crippen LogP contribution in [0.15, 0.2) is 205 Å². The zero-order valence-electron chi connectivity index (χ0n) is 49.8. The van der Waals surface area contributed by atoms with E-state index in [0.717, 1.165) is 75.0 Å². The van der Waals surface area contributed by atoms with Gasteiger partial charge in [-0.05, 0) is 174 Å². The van der Waals surface area contributed by atoms with Crippen molar-refractivity contribution in [2.45, 2.75) is 130 Å². The smallest absolute Gasteiger partial charge is 0.297 e. The fraction of sp³-hybridized carbons (Fsp3) is 0.263. The molecule has 0 bridgehead atoms. The minimum Gasteiger partial charge on any atom is -0.468 e. The van der Waals surface area contributed by atoms with Crippen molar-refractivity contribution in [1.82, 2.24) is 0 Å². The molecule has 3 aliphatic rings. The SMILES string of the molecule is CC(C)(C)c1ccc(N2c3cc(N(c4ccccc4)c4ccc(-c5ccccc5)cc4)cc4c3B(c3cc5c(cc3N4c3ccc(C(C)(C)C)cc3-c3ccccc3)C(C)(C)CCC5(C)C)c3oc4ccc(C(C)(C)C)cc4c32)cc1. The van der Waals surface area contributed by atoms with E-state index in [1.165, 1.54) is 66.7 Å². The highest BCUT2D eigenvalue weighted by atomic mass is 16.3. The van der Waals surface area contributed by atoms with Crippen LogP contribution in [0, 0.1) is 0 Å². The Kier molecular flexibility index (Phi) is 12.1. The Bertz CT molecular complexity index is 4040. The normalized spacial score (nSPS) is 15.2. The summed E-state index contributed by atoms with van der Waals surface area (Å²) in [7, 11) is 0. The second-order valence-corrected chi connectivity index (χ2v) is 27.7. The first kappa shape index (κ1) is 52.4. The van der Waals surface area contributed by atoms with Crippen LogP contribution in [0.5, 0.6) is 0 Å². The molecule has 0 atom stereocenters. The highest BCUT2D eigenvalue weighted by Gasteiger charge is 2.50. The molecule has 2 aliphatic heterocycles. The standard InChI is InChI=1S/C76H76BN3O/c1-72(2,3)52-31-37-57(38-32-52)79-66-45-58(78(55-27-21-16-22-28-55)56-35-29-50(30-36-56)49-23-17-14-18-24-49)46-67-69(66)77(71-70(79)60-44-54(74(7,8)9)34-40-68(60)81-71)63-47-61-62(76(12,13)42-41-75(61,10)11)48-65(63)80(67)64-39-33-53(73(4,5)6)43-59(64)51-25-19-15-20-26-51/h14-40,43-48H,41-42H2,1-13H3. The van der Waals surface area contributed by atoms with Crippen LogP contribution in [0.25, 0.3) is 33.2 Å². The van der Waals surface area contributed by atoms with Gasteiger partial charge in [0.25, 0.3) is 6.71 Å². The van der Waals surface area contributed by atoms with Crippen LogP contribution in [-0.4, -0.2) is 6.71 Å². The summed E-state index contributed by atoms with van der Waals surface area (Å²) in [6.45, 7) is 30.5. The number of benzene rings is 9. The number of nitrogens with zero attached hydrogens (tertiary/aromatic N) is 3. The molecule has 9 aromatic carbocycles. The summed E-state index contributed by atoms with van der Waals surface area (Å²) in [5, 5.41) is 1.12. The van der Waals surface area contributed by atoms with Gasteiger partial charge < -0.3 is 19.1 Å². The minimum absolute atomic E-state index is 0.0311. The number of para-hydroxylation sites is 1. The molecule has 0 amide bonds. The molecule has 13 rings (SSSR count). The van der Waals surface area contributed by atoms with Gasteiger partial charge in [-0.3, -0.25) is 0 Å². The number of rotatable bonds is 7. The Morgan fingerprint density at radius 3 is 1.54 bits per heavy atom. The first-order valence-electron chi connectivity index (χ1n) is 29.4. The molecule has 1 aliphatic carbocycles. The molecule has 81 heavy (non-hydrogen) atoms. The van der Waals surface area contributed by atoms with Gasteiger partial charge in [-0.15, -0.1) is 0 Å². The first-order chi connectivity index (χ1) is 38.5. The Hall–Kier alpha value is -8.02. The van der Waals surface area contributed by atoms with E-state index >= 15 is 0 Å². The average molecular weight is 1060 g/mol. The zero-order valence-corrected chi connectivity index (χ0v) is 49.8. The van der Waals surface area contributed by atoms with Gasteiger partial charge in [0, 0.05) is 45.1 Å². The molecule has 0 saturated heterocycles. The lowest BCUT2D eigenvalue weighted by molar-refractivity contribution is 0.332. The summed E-state index contributed by atoms with van der Waals surface area (Å²) in [6, 6.07) is 75.7. The Morgan fingerprint density at radius 1 is 0.432 bits per heavy atom. The largest absolute Gasteiger partial charge is 0.468 e. The van der Waals surface area contributed by atoms with Crippen molar-refractivity contribution in [2.75, 3.05) is 14.7 Å². The van der Waals surface area contributed by atoms with E-state index in [1.807, 2.05) is 0 Å². The third kappa shape index (κ3) is 8.90. The van der Waals surface area contributed by atoms with Crippen LogP contribution in [0.3, 0.4) is 0 Å². The Balaban J connectivity index is 1.20. The maximum atomic E-state index is 7.61. The summed E-state index contributed by atoms with van der Waals surface area (Å²) in [5.41, 5.74) is 25.6. The van der Waals surface area contributed by atoms with Crippen LogP contribution in [-0.2, 0) is 27.1 Å². The lowest BCUT2D eigenvalue weighted by Gasteiger charge is -2.47. The van der Waals surface area contributed by atoms with E-state index in [0.29, 0.717) is 0 Å². The highest BCUT2D eigenvalue weighted by Crippen LogP contribution is 2.54. The second kappa shape index (κ2) is 18.8. The Labute approximate surface area is 482 Å². The molecule has 0 radical (unpaired) electrons. The number of fused-ring (bicyclic) bond motifs is 7. The summed E-state index contributed by atoms with van der Waals surface area (Å²) < 4.78 is 7.61. The van der Waals surface area contributed by atoms with Crippen molar-refractivity contribution < 1.29 is 4.42 Å². The van der Waals surface area contributed by atoms with Gasteiger partial charge in [0.2, 0.25) is 0 Å². The third-order valence-corrected chi connectivity index (χ3v) is 18.2. The molecule has 404 valence electrons. The lowest BCUT2D eigenvalue weighted by Crippen LogP contribution is -2.61. The first-order valence-corrected chi connectivity index (χ1v) is 29.4. The number of anilines is 9. The van der Waals surface area contributed by atoms with E-state index in [-0.39, 0.29) is 33.8 Å². The maximum absolute atomic E-state index is 7.61. The van der Waals surface area contributed by atoms with E-state index in [9.17, 15) is 0 Å². The number of hydrogen-bond acceptors (Lipinski definition) is 4. The number of furan rings is 1. The van der Waals surface area contributed by atoms with Crippen molar-refractivity contribution in [3.63, 3.8) is 0 Å². The van der Waals surface area contributed by atoms with Gasteiger partial charge in [-0.1, -0.05) is 211 Å². The zero-order chi connectivity index (χ0) is 56.5. The maximum Gasteiger partial charge on any atom is 0.297 e. The van der Waals surface area contributed by atoms with Crippen molar-refractivity contribution in [1.29, 1.82) is 0 Å². The molecular weight excluding hydrogens is 982 g/mol. The average Bonchev–Trinajstić information content (AvgIpc) is 4.10. The molecule has 0 N–H and O–H groups in total. The van der Waals surface area contributed by atoms with Gasteiger partial charge in [0.15, 0.2) is 0 Å². The van der Waals surface area contributed by atoms with Gasteiger partial charge in [0.1, 0.15) is 5.58 Å². The number of hydrogen-bond donors (Lipinski definition) is 0.